The predicted molar refractivity (Wildman–Crippen MR) is 68.5 cm³/mol. The maximum Gasteiger partial charge on any atom is 0.238 e. The molecule has 0 saturated carbocycles. The van der Waals surface area contributed by atoms with Crippen LogP contribution in [0.5, 0.6) is 0 Å². The molecule has 0 saturated heterocycles. The summed E-state index contributed by atoms with van der Waals surface area (Å²) in [6.45, 7) is 0. The van der Waals surface area contributed by atoms with Crippen LogP contribution in [0, 0.1) is 17.7 Å². The Bertz CT molecular complexity index is 636. The van der Waals surface area contributed by atoms with Gasteiger partial charge >= 0.3 is 0 Å². The molecule has 0 aromatic heterocycles. The number of nitrogen functional groups attached to an aromatic ring is 1. The molecule has 0 fully saturated rings. The number of hydrogen-bond donors (Lipinski definition) is 1. The van der Waals surface area contributed by atoms with Crippen molar-refractivity contribution in [2.75, 3.05) is 5.73 Å². The highest BCUT2D eigenvalue weighted by atomic mass is 19.1. The molecule has 0 atom stereocenters. The lowest BCUT2D eigenvalue weighted by Crippen LogP contribution is -2.00. The number of carbonyl (C=O) groups is 1. The Hall–Kier alpha value is -2.60. The molecule has 2 N–H and O–H groups in total. The fraction of sp³-hybridized carbons (Fsp3) is 0. The molecule has 0 bridgehead atoms. The first-order chi connectivity index (χ1) is 8.66. The third kappa shape index (κ3) is 2.74. The number of Topliss-reactive ketones (excluding diaryl/α,β-unsaturated/α-hetero) is 1. The summed E-state index contributed by atoms with van der Waals surface area (Å²) >= 11 is 0. The Kier molecular flexibility index (Phi) is 3.40. The highest BCUT2D eigenvalue weighted by Crippen LogP contribution is 2.10. The molecule has 0 radical (unpaired) electrons. The molecule has 2 rings (SSSR count). The van der Waals surface area contributed by atoms with E-state index in [2.05, 4.69) is 11.8 Å². The zero-order valence-corrected chi connectivity index (χ0v) is 9.48. The van der Waals surface area contributed by atoms with Crippen molar-refractivity contribution in [2.24, 2.45) is 0 Å². The molecule has 0 heterocycles. The van der Waals surface area contributed by atoms with E-state index in [0.717, 1.165) is 0 Å². The van der Waals surface area contributed by atoms with Gasteiger partial charge in [0.25, 0.3) is 0 Å². The van der Waals surface area contributed by atoms with Crippen molar-refractivity contribution in [2.45, 2.75) is 0 Å². The third-order valence-corrected chi connectivity index (χ3v) is 2.37. The van der Waals surface area contributed by atoms with Gasteiger partial charge in [-0.2, -0.15) is 0 Å². The van der Waals surface area contributed by atoms with Crippen molar-refractivity contribution in [3.63, 3.8) is 0 Å². The molecule has 2 aromatic rings. The molecule has 3 heteroatoms. The van der Waals surface area contributed by atoms with Gasteiger partial charge in [-0.25, -0.2) is 4.39 Å². The minimum atomic E-state index is -0.350. The standard InChI is InChI=1S/C15H10FNO/c16-12-8-5-11(6-9-12)7-10-15(18)13-3-1-2-4-14(13)17/h1-6,8-9H,17H2. The van der Waals surface area contributed by atoms with Gasteiger partial charge in [-0.3, -0.25) is 4.79 Å². The van der Waals surface area contributed by atoms with Crippen LogP contribution in [-0.2, 0) is 0 Å². The van der Waals surface area contributed by atoms with Gasteiger partial charge in [0.15, 0.2) is 0 Å². The van der Waals surface area contributed by atoms with Crippen LogP contribution in [0.25, 0.3) is 0 Å². The first-order valence-electron chi connectivity index (χ1n) is 5.33. The number of nitrogens with two attached hydrogens (primary N) is 1. The zero-order valence-electron chi connectivity index (χ0n) is 9.48. The van der Waals surface area contributed by atoms with Crippen molar-refractivity contribution in [3.8, 4) is 11.8 Å². The quantitative estimate of drug-likeness (QED) is 0.472. The molecular formula is C15H10FNO. The van der Waals surface area contributed by atoms with Crippen molar-refractivity contribution in [1.29, 1.82) is 0 Å². The number of hydrogen-bond acceptors (Lipinski definition) is 2. The van der Waals surface area contributed by atoms with E-state index in [9.17, 15) is 9.18 Å². The minimum Gasteiger partial charge on any atom is -0.398 e. The fourth-order valence-electron chi connectivity index (χ4n) is 1.43. The Balaban J connectivity index is 2.23. The van der Waals surface area contributed by atoms with Gasteiger partial charge in [-0.15, -0.1) is 0 Å². The largest absolute Gasteiger partial charge is 0.398 e. The number of rotatable bonds is 1. The summed E-state index contributed by atoms with van der Waals surface area (Å²) in [6.07, 6.45) is 0. The van der Waals surface area contributed by atoms with Gasteiger partial charge in [-0.05, 0) is 42.3 Å². The van der Waals surface area contributed by atoms with E-state index in [-0.39, 0.29) is 11.6 Å². The summed E-state index contributed by atoms with van der Waals surface area (Å²) < 4.78 is 12.7. The van der Waals surface area contributed by atoms with Crippen molar-refractivity contribution < 1.29 is 9.18 Å². The van der Waals surface area contributed by atoms with E-state index in [4.69, 9.17) is 5.73 Å². The van der Waals surface area contributed by atoms with Gasteiger partial charge in [0, 0.05) is 11.3 Å². The molecule has 88 valence electrons. The average molecular weight is 239 g/mol. The Labute approximate surface area is 104 Å². The average Bonchev–Trinajstić information content (AvgIpc) is 2.38. The van der Waals surface area contributed by atoms with E-state index in [1.807, 2.05) is 0 Å². The van der Waals surface area contributed by atoms with Crippen molar-refractivity contribution >= 4 is 11.5 Å². The van der Waals surface area contributed by atoms with Crippen LogP contribution in [-0.4, -0.2) is 5.78 Å². The van der Waals surface area contributed by atoms with E-state index < -0.39 is 0 Å². The van der Waals surface area contributed by atoms with Gasteiger partial charge in [0.2, 0.25) is 5.78 Å². The van der Waals surface area contributed by atoms with Crippen LogP contribution >= 0.6 is 0 Å². The number of halogens is 1. The van der Waals surface area contributed by atoms with Crippen molar-refractivity contribution in [1.82, 2.24) is 0 Å². The molecule has 0 amide bonds. The SMILES string of the molecule is Nc1ccccc1C(=O)C#Cc1ccc(F)cc1. The number of ketones is 1. The van der Waals surface area contributed by atoms with Gasteiger partial charge < -0.3 is 5.73 Å². The molecule has 18 heavy (non-hydrogen) atoms. The van der Waals surface area contributed by atoms with Gasteiger partial charge in [0.05, 0.1) is 5.56 Å². The summed E-state index contributed by atoms with van der Waals surface area (Å²) in [5, 5.41) is 0. The molecule has 2 nitrogen and oxygen atoms in total. The lowest BCUT2D eigenvalue weighted by Gasteiger charge is -1.98. The highest BCUT2D eigenvalue weighted by molar-refractivity contribution is 6.12. The Morgan fingerprint density at radius 2 is 1.72 bits per heavy atom. The number of benzene rings is 2. The van der Waals surface area contributed by atoms with E-state index in [1.54, 1.807) is 24.3 Å². The number of carbonyl (C=O) groups excluding carboxylic acids is 1. The van der Waals surface area contributed by atoms with Crippen LogP contribution in [0.3, 0.4) is 0 Å². The fourth-order valence-corrected chi connectivity index (χ4v) is 1.43. The van der Waals surface area contributed by atoms with Gasteiger partial charge in [-0.1, -0.05) is 18.1 Å². The second kappa shape index (κ2) is 5.15. The van der Waals surface area contributed by atoms with Crippen LogP contribution in [0.4, 0.5) is 10.1 Å². The van der Waals surface area contributed by atoms with E-state index >= 15 is 0 Å². The first kappa shape index (κ1) is 11.9. The molecular weight excluding hydrogens is 229 g/mol. The molecule has 2 aromatic carbocycles. The van der Waals surface area contributed by atoms with E-state index in [1.165, 1.54) is 24.3 Å². The number of para-hydroxylation sites is 1. The molecule has 0 aliphatic heterocycles. The summed E-state index contributed by atoms with van der Waals surface area (Å²) in [7, 11) is 0. The Morgan fingerprint density at radius 1 is 1.06 bits per heavy atom. The lowest BCUT2D eigenvalue weighted by atomic mass is 10.1. The highest BCUT2D eigenvalue weighted by Gasteiger charge is 2.04. The third-order valence-electron chi connectivity index (χ3n) is 2.37. The molecule has 0 aliphatic carbocycles. The van der Waals surface area contributed by atoms with Crippen LogP contribution in [0.2, 0.25) is 0 Å². The summed E-state index contributed by atoms with van der Waals surface area (Å²) in [5.74, 6) is 4.48. The maximum absolute atomic E-state index is 12.7. The van der Waals surface area contributed by atoms with Gasteiger partial charge in [0.1, 0.15) is 5.82 Å². The summed E-state index contributed by atoms with van der Waals surface area (Å²) in [6, 6.07) is 12.4. The van der Waals surface area contributed by atoms with Crippen LogP contribution in [0.15, 0.2) is 48.5 Å². The normalized spacial score (nSPS) is 9.39. The summed E-state index contributed by atoms with van der Waals surface area (Å²) in [4.78, 5) is 11.8. The van der Waals surface area contributed by atoms with E-state index in [0.29, 0.717) is 16.8 Å². The van der Waals surface area contributed by atoms with Crippen LogP contribution < -0.4 is 5.73 Å². The lowest BCUT2D eigenvalue weighted by molar-refractivity contribution is 0.105. The first-order valence-corrected chi connectivity index (χ1v) is 5.33. The van der Waals surface area contributed by atoms with Crippen LogP contribution in [0.1, 0.15) is 15.9 Å². The topological polar surface area (TPSA) is 43.1 Å². The zero-order chi connectivity index (χ0) is 13.0. The Morgan fingerprint density at radius 3 is 2.39 bits per heavy atom. The smallest absolute Gasteiger partial charge is 0.238 e. The number of anilines is 1. The predicted octanol–water partition coefficient (Wildman–Crippen LogP) is 2.64. The minimum absolute atomic E-state index is 0.334. The molecule has 0 aliphatic rings. The second-order valence-electron chi connectivity index (χ2n) is 3.67. The molecule has 0 spiro atoms. The second-order valence-corrected chi connectivity index (χ2v) is 3.67. The maximum atomic E-state index is 12.7. The monoisotopic (exact) mass is 239 g/mol. The molecule has 0 unspecified atom stereocenters. The van der Waals surface area contributed by atoms with Crippen molar-refractivity contribution in [3.05, 3.63) is 65.5 Å². The summed E-state index contributed by atoms with van der Waals surface area (Å²) in [5.41, 5.74) is 7.04.